The van der Waals surface area contributed by atoms with E-state index in [1.54, 1.807) is 23.3 Å². The fourth-order valence-corrected chi connectivity index (χ4v) is 3.20. The van der Waals surface area contributed by atoms with Gasteiger partial charge in [-0.15, -0.1) is 0 Å². The number of ether oxygens (including phenoxy) is 1. The normalized spacial score (nSPS) is 14.9. The van der Waals surface area contributed by atoms with Gasteiger partial charge in [-0.25, -0.2) is 4.39 Å². The van der Waals surface area contributed by atoms with Crippen LogP contribution in [0.5, 0.6) is 0 Å². The summed E-state index contributed by atoms with van der Waals surface area (Å²) in [6, 6.07) is 11.7. The second kappa shape index (κ2) is 8.62. The summed E-state index contributed by atoms with van der Waals surface area (Å²) >= 11 is 0. The summed E-state index contributed by atoms with van der Waals surface area (Å²) in [5, 5.41) is 7.40. The van der Waals surface area contributed by atoms with Gasteiger partial charge in [0.2, 0.25) is 0 Å². The van der Waals surface area contributed by atoms with E-state index in [1.165, 1.54) is 12.1 Å². The van der Waals surface area contributed by atoms with E-state index in [4.69, 9.17) is 10.5 Å². The number of carbonyl (C=O) groups is 1. The van der Waals surface area contributed by atoms with Gasteiger partial charge in [-0.3, -0.25) is 9.89 Å². The Morgan fingerprint density at radius 2 is 1.94 bits per heavy atom. The average molecular weight is 448 g/mol. The van der Waals surface area contributed by atoms with Crippen LogP contribution in [0.2, 0.25) is 0 Å². The third-order valence-corrected chi connectivity index (χ3v) is 5.07. The van der Waals surface area contributed by atoms with Crippen molar-refractivity contribution in [1.29, 1.82) is 0 Å². The Labute approximate surface area is 180 Å². The molecule has 0 bridgehead atoms. The lowest BCUT2D eigenvalue weighted by atomic mass is 10.00. The molecule has 0 radical (unpaired) electrons. The van der Waals surface area contributed by atoms with E-state index >= 15 is 0 Å². The Balaban J connectivity index is 1.59. The smallest absolute Gasteiger partial charge is 0.399 e. The summed E-state index contributed by atoms with van der Waals surface area (Å²) in [5.41, 5.74) is 5.87. The van der Waals surface area contributed by atoms with E-state index in [0.717, 1.165) is 24.5 Å². The van der Waals surface area contributed by atoms with Crippen LogP contribution >= 0.6 is 0 Å². The lowest BCUT2D eigenvalue weighted by Crippen LogP contribution is -2.15. The lowest BCUT2D eigenvalue weighted by Gasteiger charge is -2.20. The molecule has 0 spiro atoms. The molecule has 1 aromatic heterocycles. The van der Waals surface area contributed by atoms with Gasteiger partial charge in [-0.2, -0.15) is 18.3 Å². The van der Waals surface area contributed by atoms with E-state index in [9.17, 15) is 22.4 Å². The van der Waals surface area contributed by atoms with Gasteiger partial charge in [-0.05, 0) is 54.2 Å². The number of hydrogen-bond acceptors (Lipinski definition) is 4. The van der Waals surface area contributed by atoms with Crippen molar-refractivity contribution in [3.05, 3.63) is 76.9 Å². The molecule has 32 heavy (non-hydrogen) atoms. The van der Waals surface area contributed by atoms with E-state index < -0.39 is 35.4 Å². The quantitative estimate of drug-likeness (QED) is 0.353. The summed E-state index contributed by atoms with van der Waals surface area (Å²) in [6.07, 6.45) is -3.08. The summed E-state index contributed by atoms with van der Waals surface area (Å²) in [7, 11) is 0. The fraction of sp³-hybridized carbons (Fsp3) is 0.273. The highest BCUT2D eigenvalue weighted by Gasteiger charge is 2.34. The second-order valence-corrected chi connectivity index (χ2v) is 7.68. The molecule has 10 heteroatoms. The summed E-state index contributed by atoms with van der Waals surface area (Å²) in [6.45, 7) is 0.520. The minimum atomic E-state index is -4.68. The van der Waals surface area contributed by atoms with Crippen molar-refractivity contribution in [2.75, 3.05) is 17.7 Å². The minimum Gasteiger partial charge on any atom is -0.399 e. The number of H-pyrrole nitrogens is 1. The fourth-order valence-electron chi connectivity index (χ4n) is 3.20. The van der Waals surface area contributed by atoms with Crippen LogP contribution in [0.1, 0.15) is 46.3 Å². The number of aromatic nitrogens is 2. The van der Waals surface area contributed by atoms with Gasteiger partial charge >= 0.3 is 6.18 Å². The molecule has 168 valence electrons. The van der Waals surface area contributed by atoms with Gasteiger partial charge in [0.25, 0.3) is 5.91 Å². The molecule has 1 amide bonds. The molecule has 1 fully saturated rings. The molecule has 2 aromatic carbocycles. The molecule has 3 aromatic rings. The first-order chi connectivity index (χ1) is 15.2. The first-order valence-electron chi connectivity index (χ1n) is 9.91. The number of hydrogen-bond donors (Lipinski definition) is 3. The second-order valence-electron chi connectivity index (χ2n) is 7.68. The number of rotatable bonds is 7. The highest BCUT2D eigenvalue weighted by atomic mass is 19.4. The Morgan fingerprint density at radius 1 is 1.19 bits per heavy atom. The predicted octanol–water partition coefficient (Wildman–Crippen LogP) is 4.92. The van der Waals surface area contributed by atoms with Crippen LogP contribution in [0.15, 0.2) is 48.5 Å². The van der Waals surface area contributed by atoms with Crippen LogP contribution < -0.4 is 11.1 Å². The SMILES string of the molecule is Nc1cccc(C(OCC2CC2)c2ccc(F)c(NC(=O)c3cc(C(F)(F)F)[nH]n3)c2)c1. The number of alkyl halides is 3. The summed E-state index contributed by atoms with van der Waals surface area (Å²) < 4.78 is 58.7. The molecule has 1 atom stereocenters. The first kappa shape index (κ1) is 21.8. The number of nitrogens with one attached hydrogen (secondary N) is 2. The maximum Gasteiger partial charge on any atom is 0.432 e. The molecule has 4 N–H and O–H groups in total. The molecule has 1 aliphatic rings. The monoisotopic (exact) mass is 448 g/mol. The largest absolute Gasteiger partial charge is 0.432 e. The number of nitrogen functional groups attached to an aromatic ring is 1. The molecule has 1 saturated carbocycles. The van der Waals surface area contributed by atoms with Crippen LogP contribution in [-0.4, -0.2) is 22.7 Å². The van der Waals surface area contributed by atoms with Crippen molar-refractivity contribution in [3.8, 4) is 0 Å². The highest BCUT2D eigenvalue weighted by Crippen LogP contribution is 2.35. The number of anilines is 2. The number of nitrogens with zero attached hydrogens (tertiary/aromatic N) is 1. The third kappa shape index (κ3) is 5.08. The Kier molecular flexibility index (Phi) is 5.88. The molecule has 4 rings (SSSR count). The van der Waals surface area contributed by atoms with Gasteiger partial charge in [0.15, 0.2) is 5.69 Å². The van der Waals surface area contributed by atoms with Gasteiger partial charge in [0.1, 0.15) is 17.6 Å². The predicted molar refractivity (Wildman–Crippen MR) is 109 cm³/mol. The van der Waals surface area contributed by atoms with Crippen molar-refractivity contribution in [3.63, 3.8) is 0 Å². The topological polar surface area (TPSA) is 93.0 Å². The van der Waals surface area contributed by atoms with Crippen LogP contribution in [0.3, 0.4) is 0 Å². The van der Waals surface area contributed by atoms with Crippen molar-refractivity contribution >= 4 is 17.3 Å². The molecule has 6 nitrogen and oxygen atoms in total. The minimum absolute atomic E-state index is 0.201. The average Bonchev–Trinajstić information content (AvgIpc) is 3.41. The molecule has 1 heterocycles. The standard InChI is InChI=1S/C22H20F4N4O2/c23-16-7-6-14(20(32-11-12-4-5-12)13-2-1-3-15(27)8-13)9-17(16)28-21(31)18-10-19(30-29-18)22(24,25)26/h1-3,6-10,12,20H,4-5,11,27H2,(H,28,31)(H,29,30). The number of amides is 1. The van der Waals surface area contributed by atoms with E-state index in [2.05, 4.69) is 10.4 Å². The van der Waals surface area contributed by atoms with E-state index in [1.807, 2.05) is 6.07 Å². The van der Waals surface area contributed by atoms with Crippen molar-refractivity contribution in [2.24, 2.45) is 5.92 Å². The van der Waals surface area contributed by atoms with Gasteiger partial charge in [-0.1, -0.05) is 18.2 Å². The van der Waals surface area contributed by atoms with Crippen LogP contribution in [0.25, 0.3) is 0 Å². The molecule has 0 saturated heterocycles. The maximum atomic E-state index is 14.4. The summed E-state index contributed by atoms with van der Waals surface area (Å²) in [5.74, 6) is -1.25. The summed E-state index contributed by atoms with van der Waals surface area (Å²) in [4.78, 5) is 12.4. The van der Waals surface area contributed by atoms with Gasteiger partial charge in [0.05, 0.1) is 12.3 Å². The Hall–Kier alpha value is -3.40. The Morgan fingerprint density at radius 3 is 2.59 bits per heavy atom. The number of carbonyl (C=O) groups excluding carboxylic acids is 1. The van der Waals surface area contributed by atoms with Crippen molar-refractivity contribution in [1.82, 2.24) is 10.2 Å². The van der Waals surface area contributed by atoms with Crippen LogP contribution in [0, 0.1) is 11.7 Å². The zero-order valence-corrected chi connectivity index (χ0v) is 16.7. The van der Waals surface area contributed by atoms with Crippen molar-refractivity contribution < 1.29 is 27.1 Å². The molecule has 1 aliphatic carbocycles. The third-order valence-electron chi connectivity index (χ3n) is 5.07. The maximum absolute atomic E-state index is 14.4. The number of nitrogens with two attached hydrogens (primary N) is 1. The van der Waals surface area contributed by atoms with Crippen molar-refractivity contribution in [2.45, 2.75) is 25.1 Å². The number of benzene rings is 2. The lowest BCUT2D eigenvalue weighted by molar-refractivity contribution is -0.141. The Bertz CT molecular complexity index is 1130. The highest BCUT2D eigenvalue weighted by molar-refractivity contribution is 6.03. The molecular weight excluding hydrogens is 428 g/mol. The van der Waals surface area contributed by atoms with Crippen LogP contribution in [0.4, 0.5) is 28.9 Å². The first-order valence-corrected chi connectivity index (χ1v) is 9.91. The van der Waals surface area contributed by atoms with Gasteiger partial charge in [0, 0.05) is 11.8 Å². The zero-order valence-electron chi connectivity index (χ0n) is 16.7. The number of aromatic amines is 1. The molecule has 1 unspecified atom stereocenters. The van der Waals surface area contributed by atoms with E-state index in [0.29, 0.717) is 29.8 Å². The van der Waals surface area contributed by atoms with Crippen LogP contribution in [-0.2, 0) is 10.9 Å². The zero-order chi connectivity index (χ0) is 22.9. The van der Waals surface area contributed by atoms with Gasteiger partial charge < -0.3 is 15.8 Å². The molecule has 0 aliphatic heterocycles. The molecular formula is C22H20F4N4O2. The number of halogens is 4. The van der Waals surface area contributed by atoms with E-state index in [-0.39, 0.29) is 5.69 Å².